The lowest BCUT2D eigenvalue weighted by Gasteiger charge is -2.14. The number of hydrogen-bond acceptors (Lipinski definition) is 2. The minimum Gasteiger partial charge on any atom is -0.366 e. The third kappa shape index (κ3) is 4.09. The van der Waals surface area contributed by atoms with Crippen LogP contribution in [-0.2, 0) is 0 Å². The summed E-state index contributed by atoms with van der Waals surface area (Å²) >= 11 is 0. The highest BCUT2D eigenvalue weighted by molar-refractivity contribution is 5.71. The van der Waals surface area contributed by atoms with E-state index in [1.165, 1.54) is 0 Å². The van der Waals surface area contributed by atoms with Crippen molar-refractivity contribution in [2.24, 2.45) is 4.99 Å². The summed E-state index contributed by atoms with van der Waals surface area (Å²) in [6, 6.07) is 9.39. The van der Waals surface area contributed by atoms with Crippen molar-refractivity contribution in [2.45, 2.75) is 27.7 Å². The van der Waals surface area contributed by atoms with Gasteiger partial charge in [0.25, 0.3) is 0 Å². The molecule has 23 heavy (non-hydrogen) atoms. The van der Waals surface area contributed by atoms with Crippen LogP contribution in [0.1, 0.15) is 23.6 Å². The van der Waals surface area contributed by atoms with Crippen molar-refractivity contribution >= 4 is 23.4 Å². The highest BCUT2D eigenvalue weighted by Crippen LogP contribution is 2.30. The van der Waals surface area contributed by atoms with E-state index in [2.05, 4.69) is 17.2 Å². The van der Waals surface area contributed by atoms with E-state index in [1.54, 1.807) is 19.1 Å². The van der Waals surface area contributed by atoms with Crippen LogP contribution in [0.5, 0.6) is 0 Å². The number of rotatable bonds is 5. The molecule has 0 aliphatic heterocycles. The van der Waals surface area contributed by atoms with Crippen LogP contribution in [0.2, 0.25) is 0 Å². The number of nitrogens with zero attached hydrogens (tertiary/aromatic N) is 2. The van der Waals surface area contributed by atoms with E-state index in [0.717, 1.165) is 29.0 Å². The summed E-state index contributed by atoms with van der Waals surface area (Å²) in [5, 5.41) is 3.19. The fourth-order valence-electron chi connectivity index (χ4n) is 2.21. The van der Waals surface area contributed by atoms with E-state index < -0.39 is 0 Å². The molecule has 0 saturated carbocycles. The smallest absolute Gasteiger partial charge is 0.149 e. The molecule has 0 amide bonds. The van der Waals surface area contributed by atoms with E-state index >= 15 is 0 Å². The molecule has 0 unspecified atom stereocenters. The SMILES string of the molecule is CCN(C)/C=N/c1cc(C)c(Nc2cccc(C)c2F)cc1C. The van der Waals surface area contributed by atoms with Gasteiger partial charge in [0.1, 0.15) is 5.82 Å². The van der Waals surface area contributed by atoms with Crippen LogP contribution < -0.4 is 5.32 Å². The summed E-state index contributed by atoms with van der Waals surface area (Å²) in [6.07, 6.45) is 1.83. The molecule has 4 heteroatoms. The topological polar surface area (TPSA) is 27.6 Å². The van der Waals surface area contributed by atoms with E-state index in [1.807, 2.05) is 50.3 Å². The molecule has 0 atom stereocenters. The molecular weight excluding hydrogens is 289 g/mol. The maximum atomic E-state index is 14.2. The second kappa shape index (κ2) is 7.27. The first-order valence-corrected chi connectivity index (χ1v) is 7.80. The Morgan fingerprint density at radius 2 is 1.83 bits per heavy atom. The Morgan fingerprint density at radius 1 is 1.09 bits per heavy atom. The van der Waals surface area contributed by atoms with Gasteiger partial charge in [0.05, 0.1) is 17.7 Å². The second-order valence-electron chi connectivity index (χ2n) is 5.83. The van der Waals surface area contributed by atoms with Crippen molar-refractivity contribution in [3.63, 3.8) is 0 Å². The minimum absolute atomic E-state index is 0.212. The lowest BCUT2D eigenvalue weighted by molar-refractivity contribution is 0.552. The van der Waals surface area contributed by atoms with Crippen LogP contribution in [0.25, 0.3) is 0 Å². The molecule has 0 aliphatic carbocycles. The summed E-state index contributed by atoms with van der Waals surface area (Å²) in [5.74, 6) is -0.212. The first-order valence-electron chi connectivity index (χ1n) is 7.80. The number of aryl methyl sites for hydroxylation is 3. The van der Waals surface area contributed by atoms with Gasteiger partial charge in [0.2, 0.25) is 0 Å². The Kier molecular flexibility index (Phi) is 5.37. The zero-order valence-electron chi connectivity index (χ0n) is 14.4. The van der Waals surface area contributed by atoms with Gasteiger partial charge in [-0.25, -0.2) is 9.38 Å². The van der Waals surface area contributed by atoms with Gasteiger partial charge in [-0.05, 0) is 62.6 Å². The van der Waals surface area contributed by atoms with Crippen molar-refractivity contribution in [1.29, 1.82) is 0 Å². The van der Waals surface area contributed by atoms with Crippen molar-refractivity contribution in [3.8, 4) is 0 Å². The third-order valence-electron chi connectivity index (χ3n) is 3.90. The van der Waals surface area contributed by atoms with Crippen LogP contribution in [-0.4, -0.2) is 24.8 Å². The Morgan fingerprint density at radius 3 is 2.52 bits per heavy atom. The molecular formula is C19H24FN3. The number of hydrogen-bond donors (Lipinski definition) is 1. The predicted octanol–water partition coefficient (Wildman–Crippen LogP) is 5.11. The number of aliphatic imine (C=N–C) groups is 1. The quantitative estimate of drug-likeness (QED) is 0.614. The van der Waals surface area contributed by atoms with E-state index in [9.17, 15) is 4.39 Å². The molecule has 0 aliphatic rings. The molecule has 0 fully saturated rings. The van der Waals surface area contributed by atoms with Gasteiger partial charge in [-0.2, -0.15) is 0 Å². The lowest BCUT2D eigenvalue weighted by atomic mass is 10.1. The maximum absolute atomic E-state index is 14.2. The Labute approximate surface area is 137 Å². The standard InChI is InChI=1S/C19H24FN3/c1-6-23(5)12-21-17-10-15(4)18(11-14(17)3)22-16-9-7-8-13(2)19(16)20/h7-12,22H,6H2,1-5H3/b21-12+. The van der Waals surface area contributed by atoms with Crippen LogP contribution in [0.3, 0.4) is 0 Å². The number of halogens is 1. The fourth-order valence-corrected chi connectivity index (χ4v) is 2.21. The molecule has 0 bridgehead atoms. The summed E-state index contributed by atoms with van der Waals surface area (Å²) < 4.78 is 14.2. The third-order valence-corrected chi connectivity index (χ3v) is 3.90. The van der Waals surface area contributed by atoms with E-state index in [4.69, 9.17) is 0 Å². The van der Waals surface area contributed by atoms with Crippen LogP contribution in [0, 0.1) is 26.6 Å². The molecule has 1 N–H and O–H groups in total. The van der Waals surface area contributed by atoms with Gasteiger partial charge in [0, 0.05) is 19.3 Å². The Balaban J connectivity index is 2.30. The monoisotopic (exact) mass is 313 g/mol. The molecule has 3 nitrogen and oxygen atoms in total. The van der Waals surface area contributed by atoms with Gasteiger partial charge in [0.15, 0.2) is 0 Å². The highest BCUT2D eigenvalue weighted by atomic mass is 19.1. The molecule has 0 radical (unpaired) electrons. The van der Waals surface area contributed by atoms with E-state index in [-0.39, 0.29) is 5.82 Å². The molecule has 0 saturated heterocycles. The summed E-state index contributed by atoms with van der Waals surface area (Å²) in [7, 11) is 1.99. The lowest BCUT2D eigenvalue weighted by Crippen LogP contribution is -2.14. The van der Waals surface area contributed by atoms with Gasteiger partial charge < -0.3 is 10.2 Å². The predicted molar refractivity (Wildman–Crippen MR) is 96.8 cm³/mol. The normalized spacial score (nSPS) is 11.0. The van der Waals surface area contributed by atoms with Crippen LogP contribution >= 0.6 is 0 Å². The maximum Gasteiger partial charge on any atom is 0.149 e. The van der Waals surface area contributed by atoms with Gasteiger partial charge in [-0.3, -0.25) is 0 Å². The van der Waals surface area contributed by atoms with Crippen molar-refractivity contribution in [3.05, 3.63) is 52.8 Å². The minimum atomic E-state index is -0.212. The average molecular weight is 313 g/mol. The average Bonchev–Trinajstić information content (AvgIpc) is 2.53. The van der Waals surface area contributed by atoms with Crippen molar-refractivity contribution < 1.29 is 4.39 Å². The first-order chi connectivity index (χ1) is 10.9. The molecule has 0 spiro atoms. The zero-order valence-corrected chi connectivity index (χ0v) is 14.4. The van der Waals surface area contributed by atoms with Gasteiger partial charge in [-0.15, -0.1) is 0 Å². The van der Waals surface area contributed by atoms with Gasteiger partial charge >= 0.3 is 0 Å². The number of benzene rings is 2. The summed E-state index contributed by atoms with van der Waals surface area (Å²) in [4.78, 5) is 6.53. The molecule has 0 heterocycles. The van der Waals surface area contributed by atoms with Crippen LogP contribution in [0.4, 0.5) is 21.5 Å². The molecule has 122 valence electrons. The molecule has 0 aromatic heterocycles. The van der Waals surface area contributed by atoms with Gasteiger partial charge in [-0.1, -0.05) is 12.1 Å². The summed E-state index contributed by atoms with van der Waals surface area (Å²) in [5.41, 5.74) is 5.03. The largest absolute Gasteiger partial charge is 0.366 e. The Hall–Kier alpha value is -2.36. The summed E-state index contributed by atoms with van der Waals surface area (Å²) in [6.45, 7) is 8.76. The Bertz CT molecular complexity index is 723. The van der Waals surface area contributed by atoms with Crippen LogP contribution in [0.15, 0.2) is 35.3 Å². The van der Waals surface area contributed by atoms with Crippen molar-refractivity contribution in [1.82, 2.24) is 4.90 Å². The first kappa shape index (κ1) is 17.0. The molecule has 2 aromatic carbocycles. The zero-order chi connectivity index (χ0) is 17.0. The number of nitrogens with one attached hydrogen (secondary N) is 1. The molecule has 2 aromatic rings. The van der Waals surface area contributed by atoms with Crippen molar-refractivity contribution in [2.75, 3.05) is 18.9 Å². The number of anilines is 2. The fraction of sp³-hybridized carbons (Fsp3) is 0.316. The molecule has 2 rings (SSSR count). The highest BCUT2D eigenvalue weighted by Gasteiger charge is 2.08. The van der Waals surface area contributed by atoms with E-state index in [0.29, 0.717) is 11.3 Å². The second-order valence-corrected chi connectivity index (χ2v) is 5.83.